The number of carbonyl (C=O) groups excluding carboxylic acids is 1. The minimum Gasteiger partial charge on any atom is -0.391 e. The Balaban J connectivity index is 1.37. The molecule has 0 radical (unpaired) electrons. The highest BCUT2D eigenvalue weighted by atomic mass is 16.5. The maximum absolute atomic E-state index is 12.4. The molecule has 1 aromatic carbocycles. The molecule has 1 saturated carbocycles. The molecule has 27 heavy (non-hydrogen) atoms. The first-order chi connectivity index (χ1) is 13.1. The van der Waals surface area contributed by atoms with Crippen LogP contribution in [0.25, 0.3) is 0 Å². The molecule has 0 aliphatic heterocycles. The predicted octanol–water partition coefficient (Wildman–Crippen LogP) is 1.44. The van der Waals surface area contributed by atoms with Gasteiger partial charge in [0.25, 0.3) is 5.91 Å². The van der Waals surface area contributed by atoms with Crippen LogP contribution >= 0.6 is 0 Å². The van der Waals surface area contributed by atoms with E-state index in [4.69, 9.17) is 4.52 Å². The van der Waals surface area contributed by atoms with Gasteiger partial charge in [-0.15, -0.1) is 5.10 Å². The second-order valence-electron chi connectivity index (χ2n) is 6.70. The molecule has 9 nitrogen and oxygen atoms in total. The van der Waals surface area contributed by atoms with Crippen LogP contribution in [0.4, 0.5) is 0 Å². The van der Waals surface area contributed by atoms with E-state index in [1.807, 2.05) is 30.3 Å². The number of hydrogen-bond donors (Lipinski definition) is 2. The van der Waals surface area contributed by atoms with Crippen molar-refractivity contribution in [1.82, 2.24) is 30.5 Å². The number of aromatic nitrogens is 5. The molecular formula is C18H20N6O3. The maximum atomic E-state index is 12.4. The zero-order valence-electron chi connectivity index (χ0n) is 14.8. The maximum Gasteiger partial charge on any atom is 0.274 e. The van der Waals surface area contributed by atoms with Crippen LogP contribution in [-0.4, -0.2) is 42.3 Å². The van der Waals surface area contributed by atoms with Gasteiger partial charge in [-0.1, -0.05) is 40.7 Å². The smallest absolute Gasteiger partial charge is 0.274 e. The number of aliphatic hydroxyl groups excluding tert-OH is 1. The zero-order valence-corrected chi connectivity index (χ0v) is 14.8. The molecular weight excluding hydrogens is 348 g/mol. The SMILES string of the molecule is CC(NC(=O)c1cn([C@@H]2CC[C@H]2O)nn1)c1nc(Cc2ccccc2)no1. The molecule has 1 aliphatic rings. The Labute approximate surface area is 155 Å². The Hall–Kier alpha value is -3.07. The highest BCUT2D eigenvalue weighted by Gasteiger charge is 2.32. The van der Waals surface area contributed by atoms with Crippen molar-refractivity contribution in [1.29, 1.82) is 0 Å². The Morgan fingerprint density at radius 1 is 1.37 bits per heavy atom. The van der Waals surface area contributed by atoms with Gasteiger partial charge in [-0.3, -0.25) is 4.79 Å². The van der Waals surface area contributed by atoms with Crippen molar-refractivity contribution in [3.05, 3.63) is 59.5 Å². The van der Waals surface area contributed by atoms with Gasteiger partial charge in [0.15, 0.2) is 11.5 Å². The molecule has 4 rings (SSSR count). The fourth-order valence-corrected chi connectivity index (χ4v) is 2.94. The third-order valence-electron chi connectivity index (χ3n) is 4.69. The van der Waals surface area contributed by atoms with Crippen molar-refractivity contribution in [2.75, 3.05) is 0 Å². The fraction of sp³-hybridized carbons (Fsp3) is 0.389. The van der Waals surface area contributed by atoms with E-state index in [9.17, 15) is 9.90 Å². The first-order valence-electron chi connectivity index (χ1n) is 8.87. The summed E-state index contributed by atoms with van der Waals surface area (Å²) in [7, 11) is 0. The van der Waals surface area contributed by atoms with E-state index in [-0.39, 0.29) is 17.6 Å². The molecule has 1 fully saturated rings. The summed E-state index contributed by atoms with van der Waals surface area (Å²) in [5.41, 5.74) is 1.27. The molecule has 9 heteroatoms. The molecule has 1 amide bonds. The number of nitrogens with one attached hydrogen (secondary N) is 1. The van der Waals surface area contributed by atoms with Crippen molar-refractivity contribution < 1.29 is 14.4 Å². The zero-order chi connectivity index (χ0) is 18.8. The summed E-state index contributed by atoms with van der Waals surface area (Å²) >= 11 is 0. The molecule has 1 aliphatic carbocycles. The van der Waals surface area contributed by atoms with E-state index in [2.05, 4.69) is 25.8 Å². The van der Waals surface area contributed by atoms with E-state index in [1.165, 1.54) is 0 Å². The summed E-state index contributed by atoms with van der Waals surface area (Å²) in [4.78, 5) is 16.7. The van der Waals surface area contributed by atoms with Crippen molar-refractivity contribution in [2.45, 2.75) is 44.4 Å². The number of aliphatic hydroxyl groups is 1. The molecule has 3 atom stereocenters. The van der Waals surface area contributed by atoms with E-state index in [0.29, 0.717) is 18.1 Å². The second-order valence-corrected chi connectivity index (χ2v) is 6.70. The van der Waals surface area contributed by atoms with Crippen LogP contribution in [-0.2, 0) is 6.42 Å². The van der Waals surface area contributed by atoms with Gasteiger partial charge in [-0.25, -0.2) is 4.68 Å². The molecule has 2 heterocycles. The standard InChI is InChI=1S/C18H20N6O3/c1-11(18-20-16(22-27-18)9-12-5-3-2-4-6-12)19-17(26)13-10-24(23-21-13)14-7-8-15(14)25/h2-6,10-11,14-15,25H,7-9H2,1H3,(H,19,26)/t11?,14-,15-/m1/s1. The van der Waals surface area contributed by atoms with Crippen LogP contribution in [0.1, 0.15) is 59.6 Å². The van der Waals surface area contributed by atoms with Crippen molar-refractivity contribution >= 4 is 5.91 Å². The average Bonchev–Trinajstić information content (AvgIpc) is 3.31. The second kappa shape index (κ2) is 7.28. The number of amides is 1. The monoisotopic (exact) mass is 368 g/mol. The summed E-state index contributed by atoms with van der Waals surface area (Å²) in [6.07, 6.45) is 3.25. The van der Waals surface area contributed by atoms with Gasteiger partial charge >= 0.3 is 0 Å². The van der Waals surface area contributed by atoms with Gasteiger partial charge in [0.2, 0.25) is 5.89 Å². The van der Waals surface area contributed by atoms with Gasteiger partial charge < -0.3 is 14.9 Å². The van der Waals surface area contributed by atoms with Crippen LogP contribution < -0.4 is 5.32 Å². The molecule has 140 valence electrons. The van der Waals surface area contributed by atoms with Crippen molar-refractivity contribution in [3.63, 3.8) is 0 Å². The molecule has 1 unspecified atom stereocenters. The van der Waals surface area contributed by atoms with E-state index >= 15 is 0 Å². The van der Waals surface area contributed by atoms with Gasteiger partial charge in [0.05, 0.1) is 18.3 Å². The third-order valence-corrected chi connectivity index (χ3v) is 4.69. The number of hydrogen-bond acceptors (Lipinski definition) is 7. The minimum atomic E-state index is -0.464. The highest BCUT2D eigenvalue weighted by Crippen LogP contribution is 2.31. The van der Waals surface area contributed by atoms with Crippen LogP contribution in [0.2, 0.25) is 0 Å². The Kier molecular flexibility index (Phi) is 4.68. The van der Waals surface area contributed by atoms with E-state index in [1.54, 1.807) is 17.8 Å². The van der Waals surface area contributed by atoms with Crippen molar-refractivity contribution in [3.8, 4) is 0 Å². The fourth-order valence-electron chi connectivity index (χ4n) is 2.94. The van der Waals surface area contributed by atoms with Gasteiger partial charge in [0.1, 0.15) is 6.04 Å². The summed E-state index contributed by atoms with van der Waals surface area (Å²) in [5, 5.41) is 24.3. The van der Waals surface area contributed by atoms with Gasteiger partial charge in [-0.05, 0) is 25.3 Å². The third kappa shape index (κ3) is 3.72. The summed E-state index contributed by atoms with van der Waals surface area (Å²) in [6.45, 7) is 1.76. The molecule has 2 N–H and O–H groups in total. The largest absolute Gasteiger partial charge is 0.391 e. The van der Waals surface area contributed by atoms with Crippen molar-refractivity contribution in [2.24, 2.45) is 0 Å². The Bertz CT molecular complexity index is 922. The van der Waals surface area contributed by atoms with Gasteiger partial charge in [-0.2, -0.15) is 4.98 Å². The summed E-state index contributed by atoms with van der Waals surface area (Å²) in [5.74, 6) is 0.503. The number of nitrogens with zero attached hydrogens (tertiary/aromatic N) is 5. The van der Waals surface area contributed by atoms with Crippen LogP contribution in [0.5, 0.6) is 0 Å². The molecule has 0 saturated heterocycles. The Morgan fingerprint density at radius 2 is 2.19 bits per heavy atom. The number of rotatable bonds is 6. The van der Waals surface area contributed by atoms with Crippen LogP contribution in [0, 0.1) is 0 Å². The lowest BCUT2D eigenvalue weighted by atomic mass is 9.89. The molecule has 3 aromatic rings. The van der Waals surface area contributed by atoms with Gasteiger partial charge in [0, 0.05) is 6.42 Å². The average molecular weight is 368 g/mol. The summed E-state index contributed by atoms with van der Waals surface area (Å²) in [6, 6.07) is 9.27. The lowest BCUT2D eigenvalue weighted by Crippen LogP contribution is -2.34. The predicted molar refractivity (Wildman–Crippen MR) is 93.7 cm³/mol. The number of benzene rings is 1. The first-order valence-corrected chi connectivity index (χ1v) is 8.87. The van der Waals surface area contributed by atoms with Crippen LogP contribution in [0.15, 0.2) is 41.1 Å². The molecule has 0 bridgehead atoms. The molecule has 2 aromatic heterocycles. The summed E-state index contributed by atoms with van der Waals surface area (Å²) < 4.78 is 6.81. The number of carbonyl (C=O) groups is 1. The minimum absolute atomic E-state index is 0.104. The van der Waals surface area contributed by atoms with E-state index < -0.39 is 12.1 Å². The lowest BCUT2D eigenvalue weighted by molar-refractivity contribution is 0.0244. The van der Waals surface area contributed by atoms with Crippen LogP contribution in [0.3, 0.4) is 0 Å². The lowest BCUT2D eigenvalue weighted by Gasteiger charge is -2.31. The first kappa shape index (κ1) is 17.3. The normalized spacial score (nSPS) is 20.1. The quantitative estimate of drug-likeness (QED) is 0.675. The highest BCUT2D eigenvalue weighted by molar-refractivity contribution is 5.92. The topological polar surface area (TPSA) is 119 Å². The Morgan fingerprint density at radius 3 is 2.89 bits per heavy atom. The van der Waals surface area contributed by atoms with E-state index in [0.717, 1.165) is 18.4 Å². The molecule has 0 spiro atoms.